The van der Waals surface area contributed by atoms with Gasteiger partial charge in [0.25, 0.3) is 17.4 Å². The lowest BCUT2D eigenvalue weighted by molar-refractivity contribution is -0.143. The molecule has 0 aliphatic carbocycles. The smallest absolute Gasteiger partial charge is 0.279 e. The van der Waals surface area contributed by atoms with Gasteiger partial charge >= 0.3 is 0 Å². The molecular formula is C16H13Cl2N3O3. The van der Waals surface area contributed by atoms with Crippen LogP contribution in [0.5, 0.6) is 5.75 Å². The molecule has 3 rings (SSSR count). The highest BCUT2D eigenvalue weighted by Gasteiger charge is 2.47. The lowest BCUT2D eigenvalue weighted by Crippen LogP contribution is -2.56. The SMILES string of the molecule is Cc1ccc2c(c1)NC(=O)C(C)(C(=O)Nc1ncc(Cl)cc1Cl)O2. The number of nitrogens with one attached hydrogen (secondary N) is 2. The second kappa shape index (κ2) is 5.96. The first-order chi connectivity index (χ1) is 11.3. The Morgan fingerprint density at radius 2 is 2.08 bits per heavy atom. The summed E-state index contributed by atoms with van der Waals surface area (Å²) in [4.78, 5) is 28.9. The van der Waals surface area contributed by atoms with Gasteiger partial charge in [0.15, 0.2) is 5.82 Å². The molecule has 2 heterocycles. The van der Waals surface area contributed by atoms with Crippen molar-refractivity contribution in [2.45, 2.75) is 19.4 Å². The van der Waals surface area contributed by atoms with E-state index in [-0.39, 0.29) is 10.8 Å². The molecule has 2 N–H and O–H groups in total. The number of anilines is 2. The second-order valence-corrected chi connectivity index (χ2v) is 6.37. The monoisotopic (exact) mass is 365 g/mol. The molecule has 1 aliphatic rings. The first kappa shape index (κ1) is 16.5. The molecule has 0 bridgehead atoms. The minimum atomic E-state index is -1.76. The molecule has 1 atom stereocenters. The average Bonchev–Trinajstić information content (AvgIpc) is 2.51. The van der Waals surface area contributed by atoms with Crippen LogP contribution in [0.25, 0.3) is 0 Å². The van der Waals surface area contributed by atoms with Crippen LogP contribution < -0.4 is 15.4 Å². The first-order valence-electron chi connectivity index (χ1n) is 7.03. The lowest BCUT2D eigenvalue weighted by Gasteiger charge is -2.33. The number of nitrogens with zero attached hydrogens (tertiary/aromatic N) is 1. The Bertz CT molecular complexity index is 856. The number of benzene rings is 1. The number of pyridine rings is 1. The molecule has 8 heteroatoms. The van der Waals surface area contributed by atoms with Crippen molar-refractivity contribution >= 4 is 46.5 Å². The molecular weight excluding hydrogens is 353 g/mol. The standard InChI is InChI=1S/C16H13Cl2N3O3/c1-8-3-4-12-11(5-8)20-14(22)16(2,24-12)15(23)21-13-10(18)6-9(17)7-19-13/h3-7H,1-2H3,(H,20,22)(H,19,21,23). The summed E-state index contributed by atoms with van der Waals surface area (Å²) in [7, 11) is 0. The molecule has 0 radical (unpaired) electrons. The number of aromatic nitrogens is 1. The van der Waals surface area contributed by atoms with E-state index in [1.165, 1.54) is 19.2 Å². The molecule has 6 nitrogen and oxygen atoms in total. The number of carbonyl (C=O) groups is 2. The Hall–Kier alpha value is -2.31. The van der Waals surface area contributed by atoms with E-state index in [1.54, 1.807) is 12.1 Å². The van der Waals surface area contributed by atoms with Crippen LogP contribution in [0.1, 0.15) is 12.5 Å². The quantitative estimate of drug-likeness (QED) is 0.798. The maximum atomic E-state index is 12.6. The van der Waals surface area contributed by atoms with Crippen LogP contribution in [-0.4, -0.2) is 22.4 Å². The van der Waals surface area contributed by atoms with Gasteiger partial charge in [0.1, 0.15) is 5.75 Å². The predicted molar refractivity (Wildman–Crippen MR) is 91.7 cm³/mol. The number of rotatable bonds is 2. The number of ether oxygens (including phenoxy) is 1. The molecule has 124 valence electrons. The van der Waals surface area contributed by atoms with Crippen LogP contribution in [0.4, 0.5) is 11.5 Å². The van der Waals surface area contributed by atoms with Gasteiger partial charge in [-0.2, -0.15) is 0 Å². The topological polar surface area (TPSA) is 80.3 Å². The largest absolute Gasteiger partial charge is 0.466 e. The van der Waals surface area contributed by atoms with Crippen molar-refractivity contribution in [3.05, 3.63) is 46.1 Å². The lowest BCUT2D eigenvalue weighted by atomic mass is 10.0. The van der Waals surface area contributed by atoms with Gasteiger partial charge in [-0.3, -0.25) is 9.59 Å². The summed E-state index contributed by atoms with van der Waals surface area (Å²) >= 11 is 11.8. The summed E-state index contributed by atoms with van der Waals surface area (Å²) in [5.74, 6) is -0.766. The van der Waals surface area contributed by atoms with Crippen molar-refractivity contribution in [2.75, 3.05) is 10.6 Å². The summed E-state index contributed by atoms with van der Waals surface area (Å²) in [6, 6.07) is 6.73. The van der Waals surface area contributed by atoms with Gasteiger partial charge in [-0.15, -0.1) is 0 Å². The van der Waals surface area contributed by atoms with E-state index >= 15 is 0 Å². The number of hydrogen-bond acceptors (Lipinski definition) is 4. The predicted octanol–water partition coefficient (Wildman–Crippen LogP) is 3.43. The molecule has 2 amide bonds. The Labute approximate surface area is 148 Å². The summed E-state index contributed by atoms with van der Waals surface area (Å²) in [5.41, 5.74) is -0.275. The van der Waals surface area contributed by atoms with Crippen molar-refractivity contribution in [3.8, 4) is 5.75 Å². The van der Waals surface area contributed by atoms with Gasteiger partial charge in [-0.1, -0.05) is 29.3 Å². The molecule has 1 aliphatic heterocycles. The van der Waals surface area contributed by atoms with E-state index in [4.69, 9.17) is 27.9 Å². The summed E-state index contributed by atoms with van der Waals surface area (Å²) in [6.07, 6.45) is 1.34. The van der Waals surface area contributed by atoms with Gasteiger partial charge in [0.2, 0.25) is 0 Å². The Balaban J connectivity index is 1.88. The maximum absolute atomic E-state index is 12.6. The number of fused-ring (bicyclic) bond motifs is 1. The van der Waals surface area contributed by atoms with Gasteiger partial charge in [0, 0.05) is 6.20 Å². The Morgan fingerprint density at radius 3 is 2.79 bits per heavy atom. The summed E-state index contributed by atoms with van der Waals surface area (Å²) in [5, 5.41) is 5.67. The van der Waals surface area contributed by atoms with Crippen molar-refractivity contribution in [2.24, 2.45) is 0 Å². The van der Waals surface area contributed by atoms with Gasteiger partial charge in [0.05, 0.1) is 15.7 Å². The van der Waals surface area contributed by atoms with E-state index in [0.717, 1.165) is 5.56 Å². The minimum absolute atomic E-state index is 0.0957. The molecule has 1 unspecified atom stereocenters. The Kier molecular flexibility index (Phi) is 4.11. The molecule has 2 aromatic rings. The number of amides is 2. The zero-order valence-corrected chi connectivity index (χ0v) is 14.3. The van der Waals surface area contributed by atoms with Gasteiger partial charge < -0.3 is 15.4 Å². The fourth-order valence-corrected chi connectivity index (χ4v) is 2.65. The number of halogens is 2. The van der Waals surface area contributed by atoms with Crippen molar-refractivity contribution in [3.63, 3.8) is 0 Å². The number of hydrogen-bond donors (Lipinski definition) is 2. The van der Waals surface area contributed by atoms with Crippen molar-refractivity contribution < 1.29 is 14.3 Å². The molecule has 0 saturated carbocycles. The summed E-state index contributed by atoms with van der Waals surface area (Å²) < 4.78 is 5.66. The molecule has 0 fully saturated rings. The second-order valence-electron chi connectivity index (χ2n) is 5.53. The third kappa shape index (κ3) is 2.90. The normalized spacial score (nSPS) is 19.1. The van der Waals surface area contributed by atoms with Gasteiger partial charge in [-0.25, -0.2) is 4.98 Å². The van der Waals surface area contributed by atoms with E-state index in [1.807, 2.05) is 13.0 Å². The van der Waals surface area contributed by atoms with E-state index in [0.29, 0.717) is 16.5 Å². The van der Waals surface area contributed by atoms with Crippen molar-refractivity contribution in [1.82, 2.24) is 4.98 Å². The highest BCUT2D eigenvalue weighted by atomic mass is 35.5. The fourth-order valence-electron chi connectivity index (χ4n) is 2.22. The third-order valence-corrected chi connectivity index (χ3v) is 4.10. The van der Waals surface area contributed by atoms with Crippen LogP contribution in [0, 0.1) is 6.92 Å². The molecule has 0 saturated heterocycles. The molecule has 1 aromatic carbocycles. The first-order valence-corrected chi connectivity index (χ1v) is 7.79. The van der Waals surface area contributed by atoms with E-state index < -0.39 is 17.4 Å². The summed E-state index contributed by atoms with van der Waals surface area (Å²) in [6.45, 7) is 3.27. The fraction of sp³-hybridized carbons (Fsp3) is 0.188. The van der Waals surface area contributed by atoms with Crippen LogP contribution in [0.2, 0.25) is 10.0 Å². The minimum Gasteiger partial charge on any atom is -0.466 e. The van der Waals surface area contributed by atoms with E-state index in [2.05, 4.69) is 15.6 Å². The van der Waals surface area contributed by atoms with Crippen LogP contribution in [0.15, 0.2) is 30.5 Å². The zero-order valence-electron chi connectivity index (χ0n) is 12.8. The molecule has 1 aromatic heterocycles. The third-order valence-electron chi connectivity index (χ3n) is 3.60. The Morgan fingerprint density at radius 1 is 1.33 bits per heavy atom. The highest BCUT2D eigenvalue weighted by Crippen LogP contribution is 2.35. The van der Waals surface area contributed by atoms with Crippen LogP contribution >= 0.6 is 23.2 Å². The van der Waals surface area contributed by atoms with Gasteiger partial charge in [-0.05, 0) is 37.6 Å². The van der Waals surface area contributed by atoms with E-state index in [9.17, 15) is 9.59 Å². The van der Waals surface area contributed by atoms with Crippen LogP contribution in [-0.2, 0) is 9.59 Å². The number of aryl methyl sites for hydroxylation is 1. The maximum Gasteiger partial charge on any atom is 0.279 e. The van der Waals surface area contributed by atoms with Crippen molar-refractivity contribution in [1.29, 1.82) is 0 Å². The molecule has 0 spiro atoms. The zero-order chi connectivity index (χ0) is 17.5. The average molecular weight is 366 g/mol. The van der Waals surface area contributed by atoms with Crippen LogP contribution in [0.3, 0.4) is 0 Å². The molecule has 24 heavy (non-hydrogen) atoms. The highest BCUT2D eigenvalue weighted by molar-refractivity contribution is 6.36. The number of carbonyl (C=O) groups excluding carboxylic acids is 2.